The van der Waals surface area contributed by atoms with Crippen LogP contribution in [0.1, 0.15) is 6.92 Å². The topological polar surface area (TPSA) is 34.1 Å². The molecule has 13 heavy (non-hydrogen) atoms. The molecule has 0 spiro atoms. The Balaban J connectivity index is 3.42. The number of sulfone groups is 1. The molecule has 1 aliphatic rings. The van der Waals surface area contributed by atoms with Gasteiger partial charge in [-0.3, -0.25) is 0 Å². The lowest BCUT2D eigenvalue weighted by Gasteiger charge is -1.94. The zero-order valence-electron chi connectivity index (χ0n) is 7.58. The summed E-state index contributed by atoms with van der Waals surface area (Å²) < 4.78 is 23.0. The minimum absolute atomic E-state index is 0.0219. The Morgan fingerprint density at radius 3 is 2.54 bits per heavy atom. The van der Waals surface area contributed by atoms with Crippen LogP contribution in [0.25, 0.3) is 0 Å². The van der Waals surface area contributed by atoms with Crippen molar-refractivity contribution in [3.05, 3.63) is 47.4 Å². The highest BCUT2D eigenvalue weighted by Crippen LogP contribution is 2.30. The standard InChI is InChI=1S/C10H12O2S/c1-4-6-10-9(5-2)8(3)7-13(10,11)12/h4-6H,2-3,7H2,1H3/b6-4-. The Bertz CT molecular complexity index is 408. The molecule has 0 amide bonds. The predicted molar refractivity (Wildman–Crippen MR) is 55.0 cm³/mol. The molecule has 0 bridgehead atoms. The minimum atomic E-state index is -3.14. The van der Waals surface area contributed by atoms with Crippen LogP contribution in [0, 0.1) is 0 Å². The van der Waals surface area contributed by atoms with Crippen molar-refractivity contribution < 1.29 is 8.42 Å². The van der Waals surface area contributed by atoms with Gasteiger partial charge in [0.25, 0.3) is 0 Å². The fourth-order valence-corrected chi connectivity index (χ4v) is 2.99. The minimum Gasteiger partial charge on any atom is -0.223 e. The van der Waals surface area contributed by atoms with E-state index in [-0.39, 0.29) is 5.75 Å². The van der Waals surface area contributed by atoms with E-state index >= 15 is 0 Å². The smallest absolute Gasteiger partial charge is 0.183 e. The van der Waals surface area contributed by atoms with Crippen LogP contribution in [0.4, 0.5) is 0 Å². The predicted octanol–water partition coefficient (Wildman–Crippen LogP) is 1.99. The molecule has 0 radical (unpaired) electrons. The van der Waals surface area contributed by atoms with Crippen LogP contribution in [0.3, 0.4) is 0 Å². The highest BCUT2D eigenvalue weighted by atomic mass is 32.2. The average Bonchev–Trinajstić information content (AvgIpc) is 2.23. The fraction of sp³-hybridized carbons (Fsp3) is 0.200. The van der Waals surface area contributed by atoms with Gasteiger partial charge in [-0.2, -0.15) is 0 Å². The summed E-state index contributed by atoms with van der Waals surface area (Å²) >= 11 is 0. The van der Waals surface area contributed by atoms with E-state index < -0.39 is 9.84 Å². The van der Waals surface area contributed by atoms with E-state index in [1.165, 1.54) is 0 Å². The Morgan fingerprint density at radius 2 is 2.08 bits per heavy atom. The van der Waals surface area contributed by atoms with E-state index in [0.717, 1.165) is 0 Å². The second kappa shape index (κ2) is 3.34. The molecule has 2 nitrogen and oxygen atoms in total. The maximum Gasteiger partial charge on any atom is 0.183 e. The van der Waals surface area contributed by atoms with Crippen LogP contribution in [-0.2, 0) is 9.84 Å². The van der Waals surface area contributed by atoms with Crippen molar-refractivity contribution in [1.82, 2.24) is 0 Å². The summed E-state index contributed by atoms with van der Waals surface area (Å²) in [6, 6.07) is 0. The quantitative estimate of drug-likeness (QED) is 0.676. The molecule has 0 aromatic rings. The lowest BCUT2D eigenvalue weighted by atomic mass is 10.1. The Hall–Kier alpha value is -1.09. The molecule has 0 N–H and O–H groups in total. The van der Waals surface area contributed by atoms with E-state index in [2.05, 4.69) is 13.2 Å². The summed E-state index contributed by atoms with van der Waals surface area (Å²) in [4.78, 5) is 0.343. The molecule has 0 aromatic carbocycles. The van der Waals surface area contributed by atoms with Crippen LogP contribution < -0.4 is 0 Å². The summed E-state index contributed by atoms with van der Waals surface area (Å²) in [7, 11) is -3.14. The maximum atomic E-state index is 11.5. The first kappa shape index (κ1) is 9.99. The second-order valence-corrected chi connectivity index (χ2v) is 4.80. The molecule has 70 valence electrons. The van der Waals surface area contributed by atoms with Crippen LogP contribution in [0.2, 0.25) is 0 Å². The molecule has 0 unspecified atom stereocenters. The SMILES string of the molecule is C=CC1=C(/C=C\C)S(=O)(=O)CC1=C. The highest BCUT2D eigenvalue weighted by Gasteiger charge is 2.28. The van der Waals surface area contributed by atoms with Gasteiger partial charge in [-0.15, -0.1) is 0 Å². The molecule has 1 aliphatic heterocycles. The fourth-order valence-electron chi connectivity index (χ4n) is 1.32. The van der Waals surface area contributed by atoms with Gasteiger partial charge in [0.15, 0.2) is 9.84 Å². The molecule has 0 atom stereocenters. The van der Waals surface area contributed by atoms with Crippen molar-refractivity contribution in [3.8, 4) is 0 Å². The van der Waals surface area contributed by atoms with Gasteiger partial charge in [-0.05, 0) is 24.1 Å². The largest absolute Gasteiger partial charge is 0.223 e. The Morgan fingerprint density at radius 1 is 1.46 bits per heavy atom. The van der Waals surface area contributed by atoms with Gasteiger partial charge in [0.2, 0.25) is 0 Å². The lowest BCUT2D eigenvalue weighted by Crippen LogP contribution is -2.00. The van der Waals surface area contributed by atoms with E-state index in [4.69, 9.17) is 0 Å². The van der Waals surface area contributed by atoms with Gasteiger partial charge in [-0.1, -0.05) is 25.3 Å². The van der Waals surface area contributed by atoms with E-state index in [9.17, 15) is 8.42 Å². The maximum absolute atomic E-state index is 11.5. The van der Waals surface area contributed by atoms with Gasteiger partial charge in [0, 0.05) is 0 Å². The van der Waals surface area contributed by atoms with Crippen molar-refractivity contribution in [1.29, 1.82) is 0 Å². The van der Waals surface area contributed by atoms with Gasteiger partial charge >= 0.3 is 0 Å². The normalized spacial score (nSPS) is 21.5. The first-order chi connectivity index (χ1) is 6.03. The zero-order valence-corrected chi connectivity index (χ0v) is 8.39. The van der Waals surface area contributed by atoms with Gasteiger partial charge < -0.3 is 0 Å². The van der Waals surface area contributed by atoms with Crippen molar-refractivity contribution in [2.24, 2.45) is 0 Å². The number of hydrogen-bond acceptors (Lipinski definition) is 2. The molecule has 3 heteroatoms. The van der Waals surface area contributed by atoms with E-state index in [0.29, 0.717) is 16.1 Å². The monoisotopic (exact) mass is 196 g/mol. The van der Waals surface area contributed by atoms with Crippen LogP contribution in [-0.4, -0.2) is 14.2 Å². The third-order valence-electron chi connectivity index (χ3n) is 1.87. The third kappa shape index (κ3) is 1.65. The van der Waals surface area contributed by atoms with E-state index in [1.807, 2.05) is 0 Å². The molecule has 0 fully saturated rings. The van der Waals surface area contributed by atoms with Crippen LogP contribution in [0.5, 0.6) is 0 Å². The number of hydrogen-bond donors (Lipinski definition) is 0. The van der Waals surface area contributed by atoms with Crippen LogP contribution in [0.15, 0.2) is 47.4 Å². The van der Waals surface area contributed by atoms with Crippen molar-refractivity contribution in [3.63, 3.8) is 0 Å². The number of rotatable bonds is 2. The van der Waals surface area contributed by atoms with Gasteiger partial charge in [-0.25, -0.2) is 8.42 Å². The summed E-state index contributed by atoms with van der Waals surface area (Å²) in [6.07, 6.45) is 4.84. The summed E-state index contributed by atoms with van der Waals surface area (Å²) in [5, 5.41) is 0. The molecule has 1 rings (SSSR count). The second-order valence-electron chi connectivity index (χ2n) is 2.84. The van der Waals surface area contributed by atoms with Gasteiger partial charge in [0.1, 0.15) is 0 Å². The highest BCUT2D eigenvalue weighted by molar-refractivity contribution is 7.96. The van der Waals surface area contributed by atoms with Crippen molar-refractivity contribution >= 4 is 9.84 Å². The zero-order chi connectivity index (χ0) is 10.1. The summed E-state index contributed by atoms with van der Waals surface area (Å²) in [5.41, 5.74) is 1.28. The van der Waals surface area contributed by atoms with E-state index in [1.54, 1.807) is 25.2 Å². The summed E-state index contributed by atoms with van der Waals surface area (Å²) in [6.45, 7) is 9.05. The first-order valence-electron chi connectivity index (χ1n) is 3.93. The molecular formula is C10H12O2S. The molecule has 0 saturated carbocycles. The Kier molecular flexibility index (Phi) is 2.57. The van der Waals surface area contributed by atoms with Crippen LogP contribution >= 0.6 is 0 Å². The lowest BCUT2D eigenvalue weighted by molar-refractivity contribution is 0.606. The first-order valence-corrected chi connectivity index (χ1v) is 5.58. The molecular weight excluding hydrogens is 184 g/mol. The molecule has 0 saturated heterocycles. The third-order valence-corrected chi connectivity index (χ3v) is 3.62. The van der Waals surface area contributed by atoms with Gasteiger partial charge in [0.05, 0.1) is 10.7 Å². The van der Waals surface area contributed by atoms with Crippen molar-refractivity contribution in [2.45, 2.75) is 6.92 Å². The number of allylic oxidation sites excluding steroid dienone is 4. The Labute approximate surface area is 78.9 Å². The summed E-state index contributed by atoms with van der Waals surface area (Å²) in [5.74, 6) is 0.0219. The molecule has 1 heterocycles. The van der Waals surface area contributed by atoms with Crippen molar-refractivity contribution in [2.75, 3.05) is 5.75 Å². The molecule has 0 aromatic heterocycles. The molecule has 0 aliphatic carbocycles. The average molecular weight is 196 g/mol.